The van der Waals surface area contributed by atoms with Crippen LogP contribution in [0.4, 0.5) is 5.69 Å². The summed E-state index contributed by atoms with van der Waals surface area (Å²) in [5.74, 6) is 0.881. The lowest BCUT2D eigenvalue weighted by Crippen LogP contribution is -2.33. The van der Waals surface area contributed by atoms with Crippen LogP contribution in [-0.4, -0.2) is 16.0 Å². The number of halogens is 1. The van der Waals surface area contributed by atoms with Crippen LogP contribution in [0.15, 0.2) is 86.1 Å². The van der Waals surface area contributed by atoms with Gasteiger partial charge in [0.25, 0.3) is 5.91 Å². The highest BCUT2D eigenvalue weighted by Crippen LogP contribution is 2.28. The van der Waals surface area contributed by atoms with Crippen molar-refractivity contribution in [3.8, 4) is 22.8 Å². The average Bonchev–Trinajstić information content (AvgIpc) is 3.48. The number of hydrogen-bond acceptors (Lipinski definition) is 5. The van der Waals surface area contributed by atoms with Crippen LogP contribution in [0.25, 0.3) is 33.9 Å². The fourth-order valence-corrected chi connectivity index (χ4v) is 4.20. The Morgan fingerprint density at radius 3 is 2.57 bits per heavy atom. The first-order chi connectivity index (χ1) is 16.9. The summed E-state index contributed by atoms with van der Waals surface area (Å²) in [7, 11) is 0. The van der Waals surface area contributed by atoms with E-state index in [1.54, 1.807) is 24.3 Å². The van der Waals surface area contributed by atoms with Gasteiger partial charge in [-0.3, -0.25) is 10.1 Å². The molecule has 0 radical (unpaired) electrons. The number of furan rings is 1. The number of aryl methyl sites for hydroxylation is 2. The van der Waals surface area contributed by atoms with E-state index in [-0.39, 0.29) is 10.9 Å². The van der Waals surface area contributed by atoms with Crippen molar-refractivity contribution in [1.82, 2.24) is 10.3 Å². The summed E-state index contributed by atoms with van der Waals surface area (Å²) in [5, 5.41) is 5.82. The first kappa shape index (κ1) is 23.0. The number of thiocarbonyl (C=S) groups is 1. The van der Waals surface area contributed by atoms with Crippen molar-refractivity contribution in [1.29, 1.82) is 0 Å². The maximum atomic E-state index is 12.6. The second-order valence-corrected chi connectivity index (χ2v) is 9.41. The van der Waals surface area contributed by atoms with Crippen molar-refractivity contribution in [2.45, 2.75) is 13.8 Å². The summed E-state index contributed by atoms with van der Waals surface area (Å²) in [6.45, 7) is 4.09. The molecule has 0 saturated heterocycles. The lowest BCUT2D eigenvalue weighted by atomic mass is 10.1. The Morgan fingerprint density at radius 1 is 0.914 bits per heavy atom. The Kier molecular flexibility index (Phi) is 6.23. The van der Waals surface area contributed by atoms with Crippen LogP contribution in [0.5, 0.6) is 0 Å². The van der Waals surface area contributed by atoms with Gasteiger partial charge in [0.1, 0.15) is 11.3 Å². The summed E-state index contributed by atoms with van der Waals surface area (Å²) >= 11 is 8.79. The van der Waals surface area contributed by atoms with Crippen LogP contribution < -0.4 is 10.6 Å². The highest BCUT2D eigenvalue weighted by Gasteiger charge is 2.15. The molecule has 0 aliphatic heterocycles. The molecule has 3 aromatic carbocycles. The van der Waals surface area contributed by atoms with Crippen LogP contribution in [0.1, 0.15) is 21.7 Å². The number of anilines is 1. The van der Waals surface area contributed by atoms with E-state index in [2.05, 4.69) is 38.5 Å². The standard InChI is InChI=1S/C27H20BrN3O3S/c1-15-6-7-17(12-16(15)2)22-10-11-24(33-22)25(32)31-27(35)29-20-8-9-23-21(14-20)30-26(34-23)18-4-3-5-19(28)13-18/h3-14H,1-2H3,(H2,29,31,32,35). The number of hydrogen-bond donors (Lipinski definition) is 2. The summed E-state index contributed by atoms with van der Waals surface area (Å²) < 4.78 is 12.6. The maximum Gasteiger partial charge on any atom is 0.293 e. The Hall–Kier alpha value is -3.75. The van der Waals surface area contributed by atoms with E-state index in [0.29, 0.717) is 28.4 Å². The van der Waals surface area contributed by atoms with Crippen molar-refractivity contribution < 1.29 is 13.6 Å². The molecule has 2 aromatic heterocycles. The third-order valence-corrected chi connectivity index (χ3v) is 6.26. The average molecular weight is 546 g/mol. The number of fused-ring (bicyclic) bond motifs is 1. The van der Waals surface area contributed by atoms with Gasteiger partial charge in [-0.05, 0) is 91.8 Å². The number of carbonyl (C=O) groups excluding carboxylic acids is 1. The van der Waals surface area contributed by atoms with E-state index < -0.39 is 5.91 Å². The lowest BCUT2D eigenvalue weighted by molar-refractivity contribution is 0.0951. The zero-order valence-electron chi connectivity index (χ0n) is 18.9. The van der Waals surface area contributed by atoms with Gasteiger partial charge in [-0.1, -0.05) is 34.1 Å². The van der Waals surface area contributed by atoms with Gasteiger partial charge in [0, 0.05) is 21.3 Å². The van der Waals surface area contributed by atoms with Crippen LogP contribution in [0.3, 0.4) is 0 Å². The van der Waals surface area contributed by atoms with E-state index >= 15 is 0 Å². The molecular formula is C27H20BrN3O3S. The molecule has 0 spiro atoms. The first-order valence-electron chi connectivity index (χ1n) is 10.8. The minimum absolute atomic E-state index is 0.147. The molecule has 2 N–H and O–H groups in total. The molecule has 5 rings (SSSR count). The molecule has 5 aromatic rings. The van der Waals surface area contributed by atoms with Crippen LogP contribution in [0.2, 0.25) is 0 Å². The summed E-state index contributed by atoms with van der Waals surface area (Å²) in [5.41, 5.74) is 6.12. The molecule has 0 unspecified atom stereocenters. The quantitative estimate of drug-likeness (QED) is 0.231. The fourth-order valence-electron chi connectivity index (χ4n) is 3.59. The van der Waals surface area contributed by atoms with Crippen molar-refractivity contribution in [2.75, 3.05) is 5.32 Å². The smallest absolute Gasteiger partial charge is 0.293 e. The molecule has 1 amide bonds. The largest absolute Gasteiger partial charge is 0.451 e. The molecule has 2 heterocycles. The van der Waals surface area contributed by atoms with Gasteiger partial charge >= 0.3 is 0 Å². The predicted molar refractivity (Wildman–Crippen MR) is 144 cm³/mol. The summed E-state index contributed by atoms with van der Waals surface area (Å²) in [6.07, 6.45) is 0. The van der Waals surface area contributed by atoms with Crippen molar-refractivity contribution in [2.24, 2.45) is 0 Å². The zero-order chi connectivity index (χ0) is 24.5. The highest BCUT2D eigenvalue weighted by atomic mass is 79.9. The molecule has 35 heavy (non-hydrogen) atoms. The molecule has 0 saturated carbocycles. The van der Waals surface area contributed by atoms with Gasteiger partial charge in [0.05, 0.1) is 0 Å². The number of rotatable bonds is 4. The van der Waals surface area contributed by atoms with E-state index in [4.69, 9.17) is 21.1 Å². The molecule has 0 aliphatic rings. The minimum atomic E-state index is -0.433. The second kappa shape index (κ2) is 9.48. The Balaban J connectivity index is 1.26. The van der Waals surface area contributed by atoms with Crippen LogP contribution in [-0.2, 0) is 0 Å². The summed E-state index contributed by atoms with van der Waals surface area (Å²) in [6, 6.07) is 22.6. The molecular weight excluding hydrogens is 526 g/mol. The van der Waals surface area contributed by atoms with Crippen molar-refractivity contribution >= 4 is 56.0 Å². The maximum absolute atomic E-state index is 12.6. The molecule has 8 heteroatoms. The second-order valence-electron chi connectivity index (χ2n) is 8.08. The number of nitrogens with zero attached hydrogens (tertiary/aromatic N) is 1. The highest BCUT2D eigenvalue weighted by molar-refractivity contribution is 9.10. The number of aromatic nitrogens is 1. The SMILES string of the molecule is Cc1ccc(-c2ccc(C(=O)NC(=S)Nc3ccc4oc(-c5cccc(Br)c5)nc4c3)o2)cc1C. The Bertz CT molecular complexity index is 1590. The number of amides is 1. The van der Waals surface area contributed by atoms with E-state index in [0.717, 1.165) is 21.2 Å². The lowest BCUT2D eigenvalue weighted by Gasteiger charge is -2.08. The van der Waals surface area contributed by atoms with Crippen molar-refractivity contribution in [3.05, 3.63) is 94.2 Å². The van der Waals surface area contributed by atoms with E-state index in [1.165, 1.54) is 5.56 Å². The van der Waals surface area contributed by atoms with Gasteiger partial charge in [-0.25, -0.2) is 4.98 Å². The van der Waals surface area contributed by atoms with Crippen LogP contribution >= 0.6 is 28.1 Å². The Labute approximate surface area is 215 Å². The van der Waals surface area contributed by atoms with E-state index in [9.17, 15) is 4.79 Å². The first-order valence-corrected chi connectivity index (χ1v) is 12.0. The zero-order valence-corrected chi connectivity index (χ0v) is 21.3. The van der Waals surface area contributed by atoms with Crippen molar-refractivity contribution in [3.63, 3.8) is 0 Å². The van der Waals surface area contributed by atoms with Gasteiger partial charge in [0.15, 0.2) is 16.5 Å². The molecule has 0 aliphatic carbocycles. The minimum Gasteiger partial charge on any atom is -0.451 e. The van der Waals surface area contributed by atoms with Gasteiger partial charge < -0.3 is 14.2 Å². The number of carbonyl (C=O) groups is 1. The van der Waals surface area contributed by atoms with E-state index in [1.807, 2.05) is 55.5 Å². The topological polar surface area (TPSA) is 80.3 Å². The van der Waals surface area contributed by atoms with Gasteiger partial charge in [-0.15, -0.1) is 0 Å². The molecule has 0 fully saturated rings. The summed E-state index contributed by atoms with van der Waals surface area (Å²) in [4.78, 5) is 17.2. The fraction of sp³-hybridized carbons (Fsp3) is 0.0741. The number of benzene rings is 3. The predicted octanol–water partition coefficient (Wildman–Crippen LogP) is 7.26. The third-order valence-electron chi connectivity index (χ3n) is 5.57. The van der Waals surface area contributed by atoms with Crippen LogP contribution in [0, 0.1) is 13.8 Å². The normalized spacial score (nSPS) is 10.9. The third kappa shape index (κ3) is 5.03. The Morgan fingerprint density at radius 2 is 1.77 bits per heavy atom. The molecule has 0 atom stereocenters. The molecule has 174 valence electrons. The molecule has 6 nitrogen and oxygen atoms in total. The molecule has 0 bridgehead atoms. The van der Waals surface area contributed by atoms with Gasteiger partial charge in [-0.2, -0.15) is 0 Å². The van der Waals surface area contributed by atoms with Gasteiger partial charge in [0.2, 0.25) is 5.89 Å². The number of oxazole rings is 1. The number of nitrogens with one attached hydrogen (secondary N) is 2. The monoisotopic (exact) mass is 545 g/mol.